The SMILES string of the molecule is Nc1ccn2c(-c3ccccc3F)nc(Br)c2c1. The first kappa shape index (κ1) is 11.2. The molecule has 0 saturated carbocycles. The Balaban J connectivity index is 2.34. The lowest BCUT2D eigenvalue weighted by Gasteiger charge is -2.02. The van der Waals surface area contributed by atoms with Crippen molar-refractivity contribution in [3.8, 4) is 11.4 Å². The highest BCUT2D eigenvalue weighted by atomic mass is 79.9. The number of fused-ring (bicyclic) bond motifs is 1. The summed E-state index contributed by atoms with van der Waals surface area (Å²) < 4.78 is 16.2. The molecule has 2 aromatic heterocycles. The van der Waals surface area contributed by atoms with Gasteiger partial charge in [-0.1, -0.05) is 12.1 Å². The molecule has 2 N–H and O–H groups in total. The second kappa shape index (κ2) is 4.10. The van der Waals surface area contributed by atoms with Crippen LogP contribution in [0.4, 0.5) is 10.1 Å². The third-order valence-electron chi connectivity index (χ3n) is 2.74. The Morgan fingerprint density at radius 1 is 1.22 bits per heavy atom. The van der Waals surface area contributed by atoms with Crippen molar-refractivity contribution in [1.82, 2.24) is 9.38 Å². The van der Waals surface area contributed by atoms with Crippen LogP contribution in [-0.4, -0.2) is 9.38 Å². The summed E-state index contributed by atoms with van der Waals surface area (Å²) in [5, 5.41) is 0. The zero-order chi connectivity index (χ0) is 12.7. The van der Waals surface area contributed by atoms with Gasteiger partial charge in [-0.2, -0.15) is 0 Å². The van der Waals surface area contributed by atoms with Gasteiger partial charge < -0.3 is 5.73 Å². The number of hydrogen-bond acceptors (Lipinski definition) is 2. The topological polar surface area (TPSA) is 43.3 Å². The summed E-state index contributed by atoms with van der Waals surface area (Å²) in [6.45, 7) is 0. The standard InChI is InChI=1S/C13H9BrFN3/c14-12-11-7-8(16)5-6-18(11)13(17-12)9-3-1-2-4-10(9)15/h1-7H,16H2. The Bertz CT molecular complexity index is 736. The maximum atomic E-state index is 13.8. The Morgan fingerprint density at radius 3 is 2.78 bits per heavy atom. The van der Waals surface area contributed by atoms with E-state index in [-0.39, 0.29) is 5.82 Å². The number of aromatic nitrogens is 2. The van der Waals surface area contributed by atoms with Crippen molar-refractivity contribution >= 4 is 27.1 Å². The molecule has 1 aromatic carbocycles. The Kier molecular flexibility index (Phi) is 2.56. The zero-order valence-electron chi connectivity index (χ0n) is 9.27. The van der Waals surface area contributed by atoms with Crippen molar-refractivity contribution in [2.45, 2.75) is 0 Å². The zero-order valence-corrected chi connectivity index (χ0v) is 10.9. The lowest BCUT2D eigenvalue weighted by molar-refractivity contribution is 0.630. The number of anilines is 1. The van der Waals surface area contributed by atoms with E-state index in [0.29, 0.717) is 21.7 Å². The summed E-state index contributed by atoms with van der Waals surface area (Å²) in [4.78, 5) is 4.35. The molecule has 0 aliphatic heterocycles. The van der Waals surface area contributed by atoms with Crippen LogP contribution in [0.25, 0.3) is 16.9 Å². The number of imidazole rings is 1. The highest BCUT2D eigenvalue weighted by molar-refractivity contribution is 9.10. The normalized spacial score (nSPS) is 11.0. The van der Waals surface area contributed by atoms with Crippen LogP contribution >= 0.6 is 15.9 Å². The van der Waals surface area contributed by atoms with E-state index in [1.165, 1.54) is 6.07 Å². The third-order valence-corrected chi connectivity index (χ3v) is 3.32. The van der Waals surface area contributed by atoms with Crippen LogP contribution in [0.5, 0.6) is 0 Å². The molecule has 3 aromatic rings. The highest BCUT2D eigenvalue weighted by Gasteiger charge is 2.13. The van der Waals surface area contributed by atoms with Gasteiger partial charge in [0.05, 0.1) is 11.1 Å². The molecule has 2 heterocycles. The summed E-state index contributed by atoms with van der Waals surface area (Å²) in [7, 11) is 0. The fraction of sp³-hybridized carbons (Fsp3) is 0. The summed E-state index contributed by atoms with van der Waals surface area (Å²) >= 11 is 3.36. The van der Waals surface area contributed by atoms with E-state index in [4.69, 9.17) is 5.73 Å². The van der Waals surface area contributed by atoms with E-state index in [0.717, 1.165) is 5.52 Å². The molecule has 0 unspecified atom stereocenters. The first-order chi connectivity index (χ1) is 8.66. The molecular formula is C13H9BrFN3. The molecule has 0 radical (unpaired) electrons. The average Bonchev–Trinajstić information content (AvgIpc) is 2.67. The second-order valence-electron chi connectivity index (χ2n) is 3.92. The van der Waals surface area contributed by atoms with Gasteiger partial charge in [-0.25, -0.2) is 9.37 Å². The lowest BCUT2D eigenvalue weighted by Crippen LogP contribution is -1.93. The first-order valence-corrected chi connectivity index (χ1v) is 6.14. The van der Waals surface area contributed by atoms with Crippen LogP contribution in [0.3, 0.4) is 0 Å². The van der Waals surface area contributed by atoms with Crippen molar-refractivity contribution < 1.29 is 4.39 Å². The molecule has 18 heavy (non-hydrogen) atoms. The predicted octanol–water partition coefficient (Wildman–Crippen LogP) is 3.49. The number of nitrogens with two attached hydrogens (primary N) is 1. The monoisotopic (exact) mass is 305 g/mol. The number of benzene rings is 1. The third kappa shape index (κ3) is 1.67. The van der Waals surface area contributed by atoms with E-state index in [1.807, 2.05) is 0 Å². The highest BCUT2D eigenvalue weighted by Crippen LogP contribution is 2.28. The minimum Gasteiger partial charge on any atom is -0.399 e. The van der Waals surface area contributed by atoms with Gasteiger partial charge in [0.2, 0.25) is 0 Å². The molecule has 0 saturated heterocycles. The van der Waals surface area contributed by atoms with Crippen molar-refractivity contribution in [1.29, 1.82) is 0 Å². The van der Waals surface area contributed by atoms with Crippen molar-refractivity contribution in [3.63, 3.8) is 0 Å². The minimum absolute atomic E-state index is 0.297. The molecule has 90 valence electrons. The molecule has 0 amide bonds. The summed E-state index contributed by atoms with van der Waals surface area (Å²) in [6.07, 6.45) is 1.78. The van der Waals surface area contributed by atoms with Gasteiger partial charge in [-0.3, -0.25) is 4.40 Å². The van der Waals surface area contributed by atoms with E-state index < -0.39 is 0 Å². The number of nitrogens with zero attached hydrogens (tertiary/aromatic N) is 2. The van der Waals surface area contributed by atoms with Crippen LogP contribution in [0.1, 0.15) is 0 Å². The molecule has 0 bridgehead atoms. The molecule has 0 spiro atoms. The Hall–Kier alpha value is -1.88. The molecule has 5 heteroatoms. The van der Waals surface area contributed by atoms with Gasteiger partial charge in [-0.05, 0) is 40.2 Å². The van der Waals surface area contributed by atoms with E-state index in [2.05, 4.69) is 20.9 Å². The molecule has 3 nitrogen and oxygen atoms in total. The van der Waals surface area contributed by atoms with E-state index in [1.54, 1.807) is 40.9 Å². The smallest absolute Gasteiger partial charge is 0.148 e. The number of halogens is 2. The van der Waals surface area contributed by atoms with Crippen LogP contribution < -0.4 is 5.73 Å². The number of rotatable bonds is 1. The van der Waals surface area contributed by atoms with Crippen LogP contribution in [0.15, 0.2) is 47.2 Å². The molecular weight excluding hydrogens is 297 g/mol. The van der Waals surface area contributed by atoms with Gasteiger partial charge in [0.1, 0.15) is 16.2 Å². The van der Waals surface area contributed by atoms with Crippen molar-refractivity contribution in [3.05, 3.63) is 53.0 Å². The predicted molar refractivity (Wildman–Crippen MR) is 72.7 cm³/mol. The quantitative estimate of drug-likeness (QED) is 0.748. The van der Waals surface area contributed by atoms with Gasteiger partial charge in [0.15, 0.2) is 0 Å². The van der Waals surface area contributed by atoms with Crippen molar-refractivity contribution in [2.75, 3.05) is 5.73 Å². The average molecular weight is 306 g/mol. The first-order valence-electron chi connectivity index (χ1n) is 5.35. The second-order valence-corrected chi connectivity index (χ2v) is 4.67. The summed E-state index contributed by atoms with van der Waals surface area (Å²) in [5.74, 6) is 0.253. The fourth-order valence-electron chi connectivity index (χ4n) is 1.90. The maximum Gasteiger partial charge on any atom is 0.148 e. The number of hydrogen-bond donors (Lipinski definition) is 1. The Morgan fingerprint density at radius 2 is 2.00 bits per heavy atom. The number of pyridine rings is 1. The maximum absolute atomic E-state index is 13.8. The van der Waals surface area contributed by atoms with Crippen LogP contribution in [0, 0.1) is 5.82 Å². The molecule has 0 fully saturated rings. The van der Waals surface area contributed by atoms with E-state index >= 15 is 0 Å². The number of nitrogen functional groups attached to an aromatic ring is 1. The van der Waals surface area contributed by atoms with Crippen LogP contribution in [-0.2, 0) is 0 Å². The van der Waals surface area contributed by atoms with Gasteiger partial charge in [0, 0.05) is 11.9 Å². The molecule has 0 aliphatic carbocycles. The summed E-state index contributed by atoms with van der Waals surface area (Å²) in [6, 6.07) is 10.1. The molecule has 0 aliphatic rings. The summed E-state index contributed by atoms with van der Waals surface area (Å²) in [5.41, 5.74) is 7.65. The fourth-order valence-corrected chi connectivity index (χ4v) is 2.37. The van der Waals surface area contributed by atoms with E-state index in [9.17, 15) is 4.39 Å². The largest absolute Gasteiger partial charge is 0.399 e. The molecule has 0 atom stereocenters. The minimum atomic E-state index is -0.297. The Labute approximate surface area is 111 Å². The van der Waals surface area contributed by atoms with Crippen molar-refractivity contribution in [2.24, 2.45) is 0 Å². The van der Waals surface area contributed by atoms with Gasteiger partial charge in [-0.15, -0.1) is 0 Å². The molecule has 3 rings (SSSR count). The lowest BCUT2D eigenvalue weighted by atomic mass is 10.2. The van der Waals surface area contributed by atoms with Gasteiger partial charge in [0.25, 0.3) is 0 Å². The van der Waals surface area contributed by atoms with Gasteiger partial charge >= 0.3 is 0 Å². The van der Waals surface area contributed by atoms with Crippen LogP contribution in [0.2, 0.25) is 0 Å².